The Hall–Kier alpha value is -3.14. The number of fused-ring (bicyclic) bond motifs is 1. The molecule has 2 aliphatic heterocycles. The van der Waals surface area contributed by atoms with Gasteiger partial charge in [-0.3, -0.25) is 14.8 Å². The summed E-state index contributed by atoms with van der Waals surface area (Å²) < 4.78 is 3.51. The van der Waals surface area contributed by atoms with Crippen molar-refractivity contribution in [1.29, 1.82) is 5.26 Å². The summed E-state index contributed by atoms with van der Waals surface area (Å²) in [5.41, 5.74) is 4.49. The lowest BCUT2D eigenvalue weighted by Crippen LogP contribution is -2.17. The van der Waals surface area contributed by atoms with Gasteiger partial charge in [-0.2, -0.15) is 5.26 Å². The van der Waals surface area contributed by atoms with Gasteiger partial charge >= 0.3 is 0 Å². The average molecular weight is 438 g/mol. The van der Waals surface area contributed by atoms with E-state index in [9.17, 15) is 10.1 Å². The number of aromatic nitrogens is 4. The van der Waals surface area contributed by atoms with E-state index in [-0.39, 0.29) is 11.1 Å². The molecule has 0 N–H and O–H groups in total. The average Bonchev–Trinajstić information content (AvgIpc) is 3.06. The molecule has 0 fully saturated rings. The van der Waals surface area contributed by atoms with Gasteiger partial charge in [0.15, 0.2) is 0 Å². The number of hydrogen-bond donors (Lipinski definition) is 0. The minimum Gasteiger partial charge on any atom is -0.341 e. The molecule has 4 heterocycles. The first-order chi connectivity index (χ1) is 14.6. The maximum atomic E-state index is 13.0. The van der Waals surface area contributed by atoms with Crippen LogP contribution in [0.1, 0.15) is 28.1 Å². The summed E-state index contributed by atoms with van der Waals surface area (Å²) in [7, 11) is 0. The van der Waals surface area contributed by atoms with Gasteiger partial charge < -0.3 is 9.13 Å². The smallest absolute Gasteiger partial charge is 0.271 e. The molecule has 0 saturated heterocycles. The van der Waals surface area contributed by atoms with Crippen LogP contribution in [0.3, 0.4) is 0 Å². The van der Waals surface area contributed by atoms with Crippen molar-refractivity contribution in [3.05, 3.63) is 93.4 Å². The molecular weight excluding hydrogens is 421 g/mol. The third kappa shape index (κ3) is 3.82. The Morgan fingerprint density at radius 1 is 0.933 bits per heavy atom. The lowest BCUT2D eigenvalue weighted by molar-refractivity contribution is 0.758. The van der Waals surface area contributed by atoms with Crippen molar-refractivity contribution in [3.8, 4) is 17.5 Å². The van der Waals surface area contributed by atoms with Crippen LogP contribution in [0.15, 0.2) is 59.8 Å². The first-order valence-electron chi connectivity index (χ1n) is 9.26. The summed E-state index contributed by atoms with van der Waals surface area (Å²) in [6, 6.07) is 13.4. The van der Waals surface area contributed by atoms with E-state index in [1.807, 2.05) is 47.2 Å². The summed E-state index contributed by atoms with van der Waals surface area (Å²) in [6.07, 6.45) is 5.32. The van der Waals surface area contributed by atoms with E-state index in [0.717, 1.165) is 22.5 Å². The van der Waals surface area contributed by atoms with Crippen molar-refractivity contribution in [2.24, 2.45) is 0 Å². The minimum absolute atomic E-state index is 0.126. The number of nitriles is 1. The van der Waals surface area contributed by atoms with Crippen LogP contribution in [-0.2, 0) is 24.8 Å². The highest BCUT2D eigenvalue weighted by Gasteiger charge is 2.23. The van der Waals surface area contributed by atoms with Crippen molar-refractivity contribution >= 4 is 23.2 Å². The van der Waals surface area contributed by atoms with Gasteiger partial charge in [-0.1, -0.05) is 12.1 Å². The SMILES string of the molecule is N#Cc1c2n(Cc3ccc(CCl)nc3)cccc-2n(Cc2ccc(CCl)nc2)c1=O. The van der Waals surface area contributed by atoms with Gasteiger partial charge in [0, 0.05) is 25.1 Å². The Labute approximate surface area is 183 Å². The molecular formula is C22H17Cl2N5O. The molecule has 4 rings (SSSR count). The first kappa shape index (κ1) is 20.1. The van der Waals surface area contributed by atoms with Crippen LogP contribution in [0, 0.1) is 11.3 Å². The molecule has 6 nitrogen and oxygen atoms in total. The van der Waals surface area contributed by atoms with Crippen LogP contribution in [0.5, 0.6) is 0 Å². The normalized spacial score (nSPS) is 11.0. The van der Waals surface area contributed by atoms with Gasteiger partial charge in [-0.15, -0.1) is 23.2 Å². The maximum Gasteiger partial charge on any atom is 0.271 e. The lowest BCUT2D eigenvalue weighted by atomic mass is 10.1. The Morgan fingerprint density at radius 3 is 2.10 bits per heavy atom. The fraction of sp³-hybridized carbons (Fsp3) is 0.182. The molecule has 0 aromatic carbocycles. The molecule has 2 aromatic rings. The fourth-order valence-corrected chi connectivity index (χ4v) is 3.71. The van der Waals surface area contributed by atoms with Crippen LogP contribution in [0.2, 0.25) is 0 Å². The van der Waals surface area contributed by atoms with Gasteiger partial charge in [-0.25, -0.2) is 0 Å². The van der Waals surface area contributed by atoms with E-state index in [2.05, 4.69) is 16.0 Å². The van der Waals surface area contributed by atoms with Gasteiger partial charge in [0.25, 0.3) is 5.56 Å². The van der Waals surface area contributed by atoms with Crippen LogP contribution in [-0.4, -0.2) is 19.1 Å². The molecule has 2 aromatic heterocycles. The fourth-order valence-electron chi connectivity index (χ4n) is 3.40. The maximum absolute atomic E-state index is 13.0. The highest BCUT2D eigenvalue weighted by molar-refractivity contribution is 6.17. The molecule has 2 aliphatic rings. The van der Waals surface area contributed by atoms with Crippen molar-refractivity contribution in [2.75, 3.05) is 0 Å². The molecule has 8 heteroatoms. The molecule has 0 saturated carbocycles. The second-order valence-electron chi connectivity index (χ2n) is 6.83. The van der Waals surface area contributed by atoms with Crippen LogP contribution < -0.4 is 5.56 Å². The van der Waals surface area contributed by atoms with Gasteiger partial charge in [0.05, 0.1) is 41.1 Å². The van der Waals surface area contributed by atoms with E-state index in [4.69, 9.17) is 23.2 Å². The number of alkyl halides is 2. The van der Waals surface area contributed by atoms with Crippen molar-refractivity contribution in [3.63, 3.8) is 0 Å². The van der Waals surface area contributed by atoms with E-state index in [1.165, 1.54) is 0 Å². The van der Waals surface area contributed by atoms with Crippen LogP contribution in [0.4, 0.5) is 0 Å². The molecule has 0 atom stereocenters. The monoisotopic (exact) mass is 437 g/mol. The Morgan fingerprint density at radius 2 is 1.57 bits per heavy atom. The summed E-state index contributed by atoms with van der Waals surface area (Å²) in [6.45, 7) is 0.805. The van der Waals surface area contributed by atoms with Crippen molar-refractivity contribution in [2.45, 2.75) is 24.8 Å². The number of halogens is 2. The Bertz CT molecular complexity index is 1240. The summed E-state index contributed by atoms with van der Waals surface area (Å²) >= 11 is 11.6. The van der Waals surface area contributed by atoms with E-state index >= 15 is 0 Å². The van der Waals surface area contributed by atoms with Crippen LogP contribution >= 0.6 is 23.2 Å². The predicted octanol–water partition coefficient (Wildman–Crippen LogP) is 3.99. The summed E-state index contributed by atoms with van der Waals surface area (Å²) in [5.74, 6) is 0.684. The molecule has 0 unspecified atom stereocenters. The minimum atomic E-state index is -0.315. The standard InChI is InChI=1S/C22H17Cl2N5O/c23-8-17-5-3-15(11-26-17)13-28-7-1-2-20-21(28)19(10-25)22(30)29(20)14-16-4-6-18(9-24)27-12-16/h1-7,11-12H,8-9,13-14H2. The molecule has 0 bridgehead atoms. The highest BCUT2D eigenvalue weighted by atomic mass is 35.5. The summed E-state index contributed by atoms with van der Waals surface area (Å²) in [4.78, 5) is 21.6. The van der Waals surface area contributed by atoms with Crippen molar-refractivity contribution in [1.82, 2.24) is 19.1 Å². The van der Waals surface area contributed by atoms with Crippen molar-refractivity contribution < 1.29 is 0 Å². The lowest BCUT2D eigenvalue weighted by Gasteiger charge is -2.15. The van der Waals surface area contributed by atoms with E-state index < -0.39 is 0 Å². The quantitative estimate of drug-likeness (QED) is 0.427. The predicted molar refractivity (Wildman–Crippen MR) is 116 cm³/mol. The molecule has 0 aliphatic carbocycles. The summed E-state index contributed by atoms with van der Waals surface area (Å²) in [5, 5.41) is 9.69. The number of nitrogens with zero attached hydrogens (tertiary/aromatic N) is 5. The number of rotatable bonds is 6. The van der Waals surface area contributed by atoms with Gasteiger partial charge in [0.1, 0.15) is 11.6 Å². The van der Waals surface area contributed by atoms with Crippen LogP contribution in [0.25, 0.3) is 11.4 Å². The Kier molecular flexibility index (Phi) is 5.84. The van der Waals surface area contributed by atoms with E-state index in [1.54, 1.807) is 17.0 Å². The topological polar surface area (TPSA) is 76.5 Å². The highest BCUT2D eigenvalue weighted by Crippen LogP contribution is 2.26. The molecule has 0 radical (unpaired) electrons. The zero-order valence-corrected chi connectivity index (χ0v) is 17.4. The van der Waals surface area contributed by atoms with Gasteiger partial charge in [0.2, 0.25) is 0 Å². The second kappa shape index (κ2) is 8.70. The molecule has 0 spiro atoms. The zero-order valence-electron chi connectivity index (χ0n) is 15.9. The number of pyridine rings is 3. The third-order valence-electron chi connectivity index (χ3n) is 4.89. The number of hydrogen-bond acceptors (Lipinski definition) is 4. The largest absolute Gasteiger partial charge is 0.341 e. The zero-order chi connectivity index (χ0) is 21.1. The second-order valence-corrected chi connectivity index (χ2v) is 7.37. The molecule has 150 valence electrons. The van der Waals surface area contributed by atoms with Gasteiger partial charge in [-0.05, 0) is 35.4 Å². The Balaban J connectivity index is 1.73. The van der Waals surface area contributed by atoms with E-state index in [0.29, 0.717) is 36.2 Å². The first-order valence-corrected chi connectivity index (χ1v) is 10.3. The molecule has 30 heavy (non-hydrogen) atoms. The third-order valence-corrected chi connectivity index (χ3v) is 5.44. The molecule has 0 amide bonds.